The summed E-state index contributed by atoms with van der Waals surface area (Å²) in [4.78, 5) is 24.1. The number of likely N-dealkylation sites (N-methyl/N-ethyl adjacent to an activating group) is 1. The molecule has 0 aromatic heterocycles. The summed E-state index contributed by atoms with van der Waals surface area (Å²) < 4.78 is 24.1. The number of rotatable bonds is 15. The van der Waals surface area contributed by atoms with Crippen molar-refractivity contribution in [1.29, 1.82) is 0 Å². The molecule has 9 heteroatoms. The Labute approximate surface area is 216 Å². The number of hydrogen-bond donors (Lipinski definition) is 3. The first kappa shape index (κ1) is 28.9. The highest BCUT2D eigenvalue weighted by Gasteiger charge is 2.64. The van der Waals surface area contributed by atoms with Crippen molar-refractivity contribution in [3.63, 3.8) is 0 Å². The van der Waals surface area contributed by atoms with Gasteiger partial charge in [-0.25, -0.2) is 4.79 Å². The fourth-order valence-corrected chi connectivity index (χ4v) is 5.47. The Balaban J connectivity index is 1.43. The van der Waals surface area contributed by atoms with Gasteiger partial charge in [-0.3, -0.25) is 4.79 Å². The zero-order valence-electron chi connectivity index (χ0n) is 22.9. The molecule has 0 aromatic carbocycles. The number of methoxy groups -OCH3 is 1. The van der Waals surface area contributed by atoms with Crippen LogP contribution in [-0.2, 0) is 23.7 Å². The van der Waals surface area contributed by atoms with Gasteiger partial charge in [0.2, 0.25) is 5.91 Å². The first-order valence-electron chi connectivity index (χ1n) is 13.5. The average molecular weight is 510 g/mol. The molecule has 206 valence electrons. The van der Waals surface area contributed by atoms with Crippen molar-refractivity contribution in [1.82, 2.24) is 16.0 Å². The number of allylic oxidation sites excluding steroid dienone is 1. The van der Waals surface area contributed by atoms with E-state index < -0.39 is 11.7 Å². The van der Waals surface area contributed by atoms with Crippen LogP contribution in [0.5, 0.6) is 0 Å². The number of nitrogens with one attached hydrogen (secondary N) is 3. The Morgan fingerprint density at radius 2 is 1.81 bits per heavy atom. The number of carbonyl (C=O) groups excluding carboxylic acids is 2. The molecule has 2 unspecified atom stereocenters. The number of hydrogen-bond acceptors (Lipinski definition) is 7. The average Bonchev–Trinajstić information content (AvgIpc) is 3.73. The summed E-state index contributed by atoms with van der Waals surface area (Å²) in [5, 5.41) is 8.61. The molecule has 2 amide bonds. The largest absolute Gasteiger partial charge is 0.443 e. The molecule has 3 N–H and O–H groups in total. The molecule has 0 radical (unpaired) electrons. The smallest absolute Gasteiger partial charge is 0.407 e. The highest BCUT2D eigenvalue weighted by atomic mass is 16.6. The maximum atomic E-state index is 12.7. The molecule has 2 aliphatic heterocycles. The van der Waals surface area contributed by atoms with E-state index in [0.717, 1.165) is 51.6 Å². The molecule has 1 saturated carbocycles. The van der Waals surface area contributed by atoms with Gasteiger partial charge in [0.25, 0.3) is 0 Å². The van der Waals surface area contributed by atoms with E-state index >= 15 is 0 Å². The number of epoxide rings is 2. The van der Waals surface area contributed by atoms with Gasteiger partial charge >= 0.3 is 6.09 Å². The summed E-state index contributed by atoms with van der Waals surface area (Å²) in [5.74, 6) is 0.0154. The van der Waals surface area contributed by atoms with Gasteiger partial charge in [0.05, 0.1) is 30.5 Å². The van der Waals surface area contributed by atoms with Gasteiger partial charge in [0, 0.05) is 33.0 Å². The van der Waals surface area contributed by atoms with E-state index in [1.807, 2.05) is 0 Å². The molecule has 3 aliphatic rings. The molecule has 1 aliphatic carbocycles. The molecule has 0 bridgehead atoms. The SMILES string of the molecule is CNCC(=O)NCCCCCCNC(=O)OC1CC[C@]2(CO2)CC1(C[C@@]1(C)O[C@@H]1CC=C(C)C)OC. The van der Waals surface area contributed by atoms with Gasteiger partial charge in [-0.1, -0.05) is 24.5 Å². The van der Waals surface area contributed by atoms with E-state index in [-0.39, 0.29) is 29.3 Å². The Morgan fingerprint density at radius 3 is 2.42 bits per heavy atom. The number of alkyl carbamates (subject to hydrolysis) is 1. The lowest BCUT2D eigenvalue weighted by Gasteiger charge is -2.45. The lowest BCUT2D eigenvalue weighted by molar-refractivity contribution is -0.152. The number of ether oxygens (including phenoxy) is 4. The van der Waals surface area contributed by atoms with Gasteiger partial charge in [0.1, 0.15) is 11.7 Å². The third kappa shape index (κ3) is 8.16. The second-order valence-electron chi connectivity index (χ2n) is 11.2. The van der Waals surface area contributed by atoms with Gasteiger partial charge in [-0.2, -0.15) is 0 Å². The zero-order chi connectivity index (χ0) is 26.2. The molecular weight excluding hydrogens is 462 g/mol. The maximum absolute atomic E-state index is 12.7. The van der Waals surface area contributed by atoms with Crippen LogP contribution in [0.2, 0.25) is 0 Å². The topological polar surface area (TPSA) is 114 Å². The monoisotopic (exact) mass is 509 g/mol. The molecule has 1 spiro atoms. The van der Waals surface area contributed by atoms with Crippen molar-refractivity contribution in [3.8, 4) is 0 Å². The van der Waals surface area contributed by atoms with Crippen molar-refractivity contribution >= 4 is 12.0 Å². The molecule has 9 nitrogen and oxygen atoms in total. The molecular formula is C27H47N3O6. The molecule has 3 rings (SSSR count). The van der Waals surface area contributed by atoms with E-state index in [9.17, 15) is 9.59 Å². The standard InChI is InChI=1S/C27H47N3O6/c1-20(2)10-11-21-25(3,36-21)17-27(33-5)18-26(19-34-26)13-12-22(27)35-24(32)30-15-9-7-6-8-14-29-23(31)16-28-4/h10,21-22,28H,6-9,11-19H2,1-5H3,(H,29,31)(H,30,32)/t21-,22?,25-,26-,27?/m1/s1. The van der Waals surface area contributed by atoms with Crippen molar-refractivity contribution in [2.45, 2.75) is 108 Å². The molecule has 2 heterocycles. The van der Waals surface area contributed by atoms with Crippen LogP contribution in [0.25, 0.3) is 0 Å². The maximum Gasteiger partial charge on any atom is 0.407 e. The fourth-order valence-electron chi connectivity index (χ4n) is 5.47. The number of unbranched alkanes of at least 4 members (excludes halogenated alkanes) is 3. The zero-order valence-corrected chi connectivity index (χ0v) is 22.9. The van der Waals surface area contributed by atoms with E-state index in [4.69, 9.17) is 18.9 Å². The van der Waals surface area contributed by atoms with Crippen molar-refractivity contribution in [2.24, 2.45) is 0 Å². The first-order chi connectivity index (χ1) is 17.2. The summed E-state index contributed by atoms with van der Waals surface area (Å²) in [6.07, 6.45) is 9.28. The van der Waals surface area contributed by atoms with Crippen LogP contribution in [0.4, 0.5) is 4.79 Å². The normalized spacial score (nSPS) is 32.6. The third-order valence-corrected chi connectivity index (χ3v) is 7.74. The van der Waals surface area contributed by atoms with E-state index in [0.29, 0.717) is 32.5 Å². The summed E-state index contributed by atoms with van der Waals surface area (Å²) in [5.41, 5.74) is 0.226. The second kappa shape index (κ2) is 12.7. The Hall–Kier alpha value is -1.68. The van der Waals surface area contributed by atoms with Crippen LogP contribution in [-0.4, -0.2) is 81.4 Å². The Kier molecular flexibility index (Phi) is 10.2. The first-order valence-corrected chi connectivity index (χ1v) is 13.5. The summed E-state index contributed by atoms with van der Waals surface area (Å²) in [6, 6.07) is 0. The van der Waals surface area contributed by atoms with Crippen LogP contribution in [0.1, 0.15) is 78.6 Å². The molecule has 0 aromatic rings. The molecule has 3 fully saturated rings. The van der Waals surface area contributed by atoms with Crippen LogP contribution >= 0.6 is 0 Å². The van der Waals surface area contributed by atoms with Gasteiger partial charge < -0.3 is 34.9 Å². The highest BCUT2D eigenvalue weighted by Crippen LogP contribution is 2.54. The highest BCUT2D eigenvalue weighted by molar-refractivity contribution is 5.77. The quantitative estimate of drug-likeness (QED) is 0.176. The minimum atomic E-state index is -0.627. The van der Waals surface area contributed by atoms with Crippen molar-refractivity contribution in [2.75, 3.05) is 40.4 Å². The molecule has 5 atom stereocenters. The van der Waals surface area contributed by atoms with E-state index in [2.05, 4.69) is 42.8 Å². The second-order valence-corrected chi connectivity index (χ2v) is 11.2. The summed E-state index contributed by atoms with van der Waals surface area (Å²) in [7, 11) is 3.47. The Morgan fingerprint density at radius 1 is 1.11 bits per heavy atom. The van der Waals surface area contributed by atoms with Crippen LogP contribution in [0.3, 0.4) is 0 Å². The van der Waals surface area contributed by atoms with Gasteiger partial charge in [0.15, 0.2) is 0 Å². The predicted molar refractivity (Wildman–Crippen MR) is 138 cm³/mol. The fraction of sp³-hybridized carbons (Fsp3) is 0.852. The lowest BCUT2D eigenvalue weighted by Crippen LogP contribution is -2.56. The van der Waals surface area contributed by atoms with Crippen LogP contribution < -0.4 is 16.0 Å². The van der Waals surface area contributed by atoms with Crippen molar-refractivity contribution < 1.29 is 28.5 Å². The number of amides is 2. The lowest BCUT2D eigenvalue weighted by atomic mass is 9.71. The summed E-state index contributed by atoms with van der Waals surface area (Å²) >= 11 is 0. The molecule has 2 saturated heterocycles. The third-order valence-electron chi connectivity index (χ3n) is 7.74. The van der Waals surface area contributed by atoms with Crippen molar-refractivity contribution in [3.05, 3.63) is 11.6 Å². The Bertz CT molecular complexity index is 781. The minimum absolute atomic E-state index is 0.0154. The van der Waals surface area contributed by atoms with Gasteiger partial charge in [-0.05, 0) is 59.9 Å². The van der Waals surface area contributed by atoms with Crippen LogP contribution in [0, 0.1) is 0 Å². The van der Waals surface area contributed by atoms with Crippen LogP contribution in [0.15, 0.2) is 11.6 Å². The predicted octanol–water partition coefficient (Wildman–Crippen LogP) is 3.22. The molecule has 36 heavy (non-hydrogen) atoms. The minimum Gasteiger partial charge on any atom is -0.443 e. The summed E-state index contributed by atoms with van der Waals surface area (Å²) in [6.45, 7) is 8.66. The van der Waals surface area contributed by atoms with Gasteiger partial charge in [-0.15, -0.1) is 0 Å². The van der Waals surface area contributed by atoms with E-state index in [1.54, 1.807) is 14.2 Å². The van der Waals surface area contributed by atoms with E-state index in [1.165, 1.54) is 5.57 Å². The number of carbonyl (C=O) groups is 2.